The van der Waals surface area contributed by atoms with Crippen LogP contribution in [0.15, 0.2) is 36.7 Å². The number of aromatic nitrogens is 2. The summed E-state index contributed by atoms with van der Waals surface area (Å²) in [4.78, 5) is 16.2. The van der Waals surface area contributed by atoms with E-state index in [-0.39, 0.29) is 6.03 Å². The average molecular weight is 312 g/mol. The van der Waals surface area contributed by atoms with E-state index in [0.717, 1.165) is 29.9 Å². The molecule has 1 heterocycles. The van der Waals surface area contributed by atoms with E-state index in [1.54, 1.807) is 6.20 Å². The van der Waals surface area contributed by atoms with Crippen molar-refractivity contribution in [2.24, 2.45) is 0 Å². The van der Waals surface area contributed by atoms with Crippen molar-refractivity contribution in [2.75, 3.05) is 0 Å². The zero-order chi connectivity index (χ0) is 16.1. The Balaban J connectivity index is 1.50. The van der Waals surface area contributed by atoms with Crippen molar-refractivity contribution in [3.05, 3.63) is 48.0 Å². The predicted octanol–water partition coefficient (Wildman–Crippen LogP) is 3.31. The fourth-order valence-corrected chi connectivity index (χ4v) is 3.09. The second-order valence-corrected chi connectivity index (χ2v) is 6.17. The quantitative estimate of drug-likeness (QED) is 0.910. The molecule has 2 aromatic rings. The first-order valence-electron chi connectivity index (χ1n) is 8.36. The largest absolute Gasteiger partial charge is 0.335 e. The molecule has 5 heteroatoms. The van der Waals surface area contributed by atoms with Gasteiger partial charge < -0.3 is 15.2 Å². The van der Waals surface area contributed by atoms with Crippen LogP contribution >= 0.6 is 0 Å². The summed E-state index contributed by atoms with van der Waals surface area (Å²) in [6, 6.07) is 8.45. The van der Waals surface area contributed by atoms with Gasteiger partial charge in [-0.3, -0.25) is 0 Å². The van der Waals surface area contributed by atoms with Crippen molar-refractivity contribution in [2.45, 2.75) is 51.6 Å². The molecule has 1 aliphatic carbocycles. The van der Waals surface area contributed by atoms with Crippen LogP contribution in [0.25, 0.3) is 5.69 Å². The lowest BCUT2D eigenvalue weighted by molar-refractivity contribution is 0.232. The monoisotopic (exact) mass is 312 g/mol. The molecule has 1 saturated carbocycles. The summed E-state index contributed by atoms with van der Waals surface area (Å²) in [5, 5.41) is 6.01. The molecule has 23 heavy (non-hydrogen) atoms. The SMILES string of the molecule is Cc1nccn1-c1ccc(CNC(=O)NC2CCCCC2)cc1. The maximum Gasteiger partial charge on any atom is 0.315 e. The Labute approximate surface area is 137 Å². The molecule has 5 nitrogen and oxygen atoms in total. The van der Waals surface area contributed by atoms with E-state index in [1.165, 1.54) is 19.3 Å². The summed E-state index contributed by atoms with van der Waals surface area (Å²) in [6.45, 7) is 2.52. The minimum atomic E-state index is -0.0635. The van der Waals surface area contributed by atoms with Crippen LogP contribution < -0.4 is 10.6 Å². The molecule has 1 aliphatic rings. The summed E-state index contributed by atoms with van der Waals surface area (Å²) in [5.41, 5.74) is 2.17. The lowest BCUT2D eigenvalue weighted by Crippen LogP contribution is -2.42. The second-order valence-electron chi connectivity index (χ2n) is 6.17. The Kier molecular flexibility index (Phi) is 4.95. The molecule has 0 atom stereocenters. The molecule has 0 aliphatic heterocycles. The number of rotatable bonds is 4. The van der Waals surface area contributed by atoms with Crippen molar-refractivity contribution in [3.8, 4) is 5.69 Å². The minimum absolute atomic E-state index is 0.0635. The van der Waals surface area contributed by atoms with Crippen molar-refractivity contribution in [1.82, 2.24) is 20.2 Å². The third-order valence-corrected chi connectivity index (χ3v) is 4.43. The maximum absolute atomic E-state index is 11.9. The molecule has 0 spiro atoms. The van der Waals surface area contributed by atoms with Crippen LogP contribution in [0, 0.1) is 6.92 Å². The molecule has 0 saturated heterocycles. The van der Waals surface area contributed by atoms with Crippen LogP contribution in [-0.2, 0) is 6.54 Å². The van der Waals surface area contributed by atoms with E-state index in [2.05, 4.69) is 15.6 Å². The fourth-order valence-electron chi connectivity index (χ4n) is 3.09. The lowest BCUT2D eigenvalue weighted by Gasteiger charge is -2.22. The number of nitrogens with one attached hydrogen (secondary N) is 2. The lowest BCUT2D eigenvalue weighted by atomic mass is 9.96. The molecule has 0 bridgehead atoms. The van der Waals surface area contributed by atoms with Crippen LogP contribution in [0.1, 0.15) is 43.5 Å². The Hall–Kier alpha value is -2.30. The Morgan fingerprint density at radius 2 is 1.96 bits per heavy atom. The normalized spacial score (nSPS) is 15.3. The highest BCUT2D eigenvalue weighted by atomic mass is 16.2. The first-order valence-corrected chi connectivity index (χ1v) is 8.36. The van der Waals surface area contributed by atoms with Crippen LogP contribution in [0.2, 0.25) is 0 Å². The number of amides is 2. The highest BCUT2D eigenvalue weighted by molar-refractivity contribution is 5.74. The Bertz CT molecular complexity index is 641. The summed E-state index contributed by atoms with van der Waals surface area (Å²) in [7, 11) is 0. The van der Waals surface area contributed by atoms with E-state index < -0.39 is 0 Å². The highest BCUT2D eigenvalue weighted by Crippen LogP contribution is 2.17. The Morgan fingerprint density at radius 1 is 1.22 bits per heavy atom. The van der Waals surface area contributed by atoms with Crippen LogP contribution in [0.3, 0.4) is 0 Å². The van der Waals surface area contributed by atoms with Gasteiger partial charge >= 0.3 is 6.03 Å². The average Bonchev–Trinajstić information content (AvgIpc) is 3.00. The molecule has 3 rings (SSSR count). The third-order valence-electron chi connectivity index (χ3n) is 4.43. The number of nitrogens with zero attached hydrogens (tertiary/aromatic N) is 2. The van der Waals surface area contributed by atoms with Crippen molar-refractivity contribution in [1.29, 1.82) is 0 Å². The van der Waals surface area contributed by atoms with E-state index in [4.69, 9.17) is 0 Å². The first kappa shape index (κ1) is 15.6. The standard InChI is InChI=1S/C18H24N4O/c1-14-19-11-12-22(14)17-9-7-15(8-10-17)13-20-18(23)21-16-5-3-2-4-6-16/h7-12,16H,2-6,13H2,1H3,(H2,20,21,23). The second kappa shape index (κ2) is 7.31. The molecule has 1 fully saturated rings. The fraction of sp³-hybridized carbons (Fsp3) is 0.444. The number of hydrogen-bond acceptors (Lipinski definition) is 2. The van der Waals surface area contributed by atoms with Gasteiger partial charge in [-0.15, -0.1) is 0 Å². The summed E-state index contributed by atoms with van der Waals surface area (Å²) in [6.07, 6.45) is 9.68. The molecule has 1 aromatic carbocycles. The smallest absolute Gasteiger partial charge is 0.315 e. The molecule has 0 unspecified atom stereocenters. The van der Waals surface area contributed by atoms with Gasteiger partial charge in [-0.1, -0.05) is 31.4 Å². The van der Waals surface area contributed by atoms with Crippen LogP contribution in [0.4, 0.5) is 4.79 Å². The number of aryl methyl sites for hydroxylation is 1. The zero-order valence-corrected chi connectivity index (χ0v) is 13.6. The van der Waals surface area contributed by atoms with E-state index in [0.29, 0.717) is 12.6 Å². The maximum atomic E-state index is 11.9. The van der Waals surface area contributed by atoms with Crippen molar-refractivity contribution in [3.63, 3.8) is 0 Å². The molecule has 2 N–H and O–H groups in total. The van der Waals surface area contributed by atoms with Crippen molar-refractivity contribution < 1.29 is 4.79 Å². The molecule has 0 radical (unpaired) electrons. The van der Waals surface area contributed by atoms with Gasteiger partial charge in [0, 0.05) is 30.7 Å². The van der Waals surface area contributed by atoms with Gasteiger partial charge in [0.2, 0.25) is 0 Å². The summed E-state index contributed by atoms with van der Waals surface area (Å²) >= 11 is 0. The van der Waals surface area contributed by atoms with Crippen molar-refractivity contribution >= 4 is 6.03 Å². The van der Waals surface area contributed by atoms with Crippen LogP contribution in [0.5, 0.6) is 0 Å². The van der Waals surface area contributed by atoms with Gasteiger partial charge in [0.15, 0.2) is 0 Å². The predicted molar refractivity (Wildman–Crippen MR) is 90.5 cm³/mol. The third kappa shape index (κ3) is 4.12. The number of carbonyl (C=O) groups excluding carboxylic acids is 1. The van der Waals surface area contributed by atoms with Gasteiger partial charge in [0.1, 0.15) is 5.82 Å². The minimum Gasteiger partial charge on any atom is -0.335 e. The number of benzene rings is 1. The summed E-state index contributed by atoms with van der Waals surface area (Å²) < 4.78 is 2.03. The Morgan fingerprint density at radius 3 is 2.61 bits per heavy atom. The van der Waals surface area contributed by atoms with Gasteiger partial charge in [-0.05, 0) is 37.5 Å². The summed E-state index contributed by atoms with van der Waals surface area (Å²) in [5.74, 6) is 0.961. The zero-order valence-electron chi connectivity index (χ0n) is 13.6. The molecular formula is C18H24N4O. The molecule has 122 valence electrons. The number of urea groups is 1. The van der Waals surface area contributed by atoms with Gasteiger partial charge in [-0.2, -0.15) is 0 Å². The molecule has 2 amide bonds. The van der Waals surface area contributed by atoms with Gasteiger partial charge in [-0.25, -0.2) is 9.78 Å². The molecular weight excluding hydrogens is 288 g/mol. The van der Waals surface area contributed by atoms with Gasteiger partial charge in [0.05, 0.1) is 0 Å². The van der Waals surface area contributed by atoms with E-state index in [1.807, 2.05) is 42.0 Å². The number of carbonyl (C=O) groups is 1. The van der Waals surface area contributed by atoms with E-state index in [9.17, 15) is 4.79 Å². The highest BCUT2D eigenvalue weighted by Gasteiger charge is 2.15. The van der Waals surface area contributed by atoms with E-state index >= 15 is 0 Å². The number of hydrogen-bond donors (Lipinski definition) is 2. The first-order chi connectivity index (χ1) is 11.2. The number of imidazole rings is 1. The van der Waals surface area contributed by atoms with Crippen LogP contribution in [-0.4, -0.2) is 21.6 Å². The topological polar surface area (TPSA) is 59.0 Å². The van der Waals surface area contributed by atoms with Gasteiger partial charge in [0.25, 0.3) is 0 Å². The molecule has 1 aromatic heterocycles.